The normalized spacial score (nSPS) is 44.2. The number of rotatable bonds is 0. The van der Waals surface area contributed by atoms with Crippen molar-refractivity contribution in [1.29, 1.82) is 0 Å². The molecule has 0 aromatic rings. The molecule has 2 aliphatic rings. The zero-order chi connectivity index (χ0) is 11.9. The fraction of sp³-hybridized carbons (Fsp3) is 0.857. The Morgan fingerprint density at radius 1 is 1.06 bits per heavy atom. The second kappa shape index (κ2) is 4.15. The van der Waals surface area contributed by atoms with Crippen LogP contribution in [0.1, 0.15) is 41.0 Å². The van der Waals surface area contributed by atoms with E-state index in [1.165, 1.54) is 6.42 Å². The summed E-state index contributed by atoms with van der Waals surface area (Å²) in [5.74, 6) is 1.15. The van der Waals surface area contributed by atoms with Crippen molar-refractivity contribution in [3.63, 3.8) is 0 Å². The van der Waals surface area contributed by atoms with Gasteiger partial charge in [-0.1, -0.05) is 32.9 Å². The third-order valence-electron chi connectivity index (χ3n) is 3.95. The quantitative estimate of drug-likeness (QED) is 0.587. The van der Waals surface area contributed by atoms with Crippen LogP contribution < -0.4 is 0 Å². The summed E-state index contributed by atoms with van der Waals surface area (Å²) in [6.07, 6.45) is 6.28. The van der Waals surface area contributed by atoms with Crippen molar-refractivity contribution in [1.82, 2.24) is 0 Å². The predicted octanol–water partition coefficient (Wildman–Crippen LogP) is 3.37. The molecule has 5 atom stereocenters. The van der Waals surface area contributed by atoms with Gasteiger partial charge in [-0.15, -0.1) is 0 Å². The molecule has 2 nitrogen and oxygen atoms in total. The van der Waals surface area contributed by atoms with Gasteiger partial charge in [0.15, 0.2) is 6.29 Å². The minimum absolute atomic E-state index is 0.0629. The van der Waals surface area contributed by atoms with Crippen LogP contribution in [0, 0.1) is 17.3 Å². The van der Waals surface area contributed by atoms with Crippen molar-refractivity contribution < 1.29 is 9.47 Å². The van der Waals surface area contributed by atoms with E-state index < -0.39 is 0 Å². The van der Waals surface area contributed by atoms with Crippen molar-refractivity contribution in [2.45, 2.75) is 59.5 Å². The average Bonchev–Trinajstić information content (AvgIpc) is 2.15. The molecule has 1 heterocycles. The van der Waals surface area contributed by atoms with E-state index in [0.29, 0.717) is 23.4 Å². The molecule has 0 N–H and O–H groups in total. The fourth-order valence-corrected chi connectivity index (χ4v) is 2.80. The molecule has 0 radical (unpaired) electrons. The van der Waals surface area contributed by atoms with Gasteiger partial charge in [0.05, 0.1) is 12.2 Å². The summed E-state index contributed by atoms with van der Waals surface area (Å²) >= 11 is 0. The lowest BCUT2D eigenvalue weighted by molar-refractivity contribution is -0.249. The SMILES string of the molecule is CC1OC(C)C2CC(C(C)(C)C)C=CC2O1. The van der Waals surface area contributed by atoms with Gasteiger partial charge in [0.2, 0.25) is 0 Å². The highest BCUT2D eigenvalue weighted by atomic mass is 16.7. The molecule has 0 saturated carbocycles. The Balaban J connectivity index is 2.13. The van der Waals surface area contributed by atoms with E-state index in [0.717, 1.165) is 0 Å². The van der Waals surface area contributed by atoms with Gasteiger partial charge in [-0.2, -0.15) is 0 Å². The number of ether oxygens (including phenoxy) is 2. The molecule has 0 amide bonds. The van der Waals surface area contributed by atoms with Crippen molar-refractivity contribution in [2.24, 2.45) is 17.3 Å². The highest BCUT2D eigenvalue weighted by Gasteiger charge is 2.40. The van der Waals surface area contributed by atoms with E-state index in [2.05, 4.69) is 39.8 Å². The molecule has 0 bridgehead atoms. The molecule has 0 aromatic heterocycles. The summed E-state index contributed by atoms with van der Waals surface area (Å²) in [4.78, 5) is 0. The first-order chi connectivity index (χ1) is 7.38. The molecule has 1 aliphatic heterocycles. The van der Waals surface area contributed by atoms with Crippen LogP contribution in [0.5, 0.6) is 0 Å². The summed E-state index contributed by atoms with van der Waals surface area (Å²) in [6, 6.07) is 0. The van der Waals surface area contributed by atoms with E-state index in [-0.39, 0.29) is 12.4 Å². The zero-order valence-electron chi connectivity index (χ0n) is 11.1. The van der Waals surface area contributed by atoms with Gasteiger partial charge in [0.25, 0.3) is 0 Å². The molecule has 5 unspecified atom stereocenters. The monoisotopic (exact) mass is 224 g/mol. The molecule has 0 spiro atoms. The van der Waals surface area contributed by atoms with E-state index in [4.69, 9.17) is 9.47 Å². The van der Waals surface area contributed by atoms with Crippen LogP contribution in [0.25, 0.3) is 0 Å². The number of hydrogen-bond donors (Lipinski definition) is 0. The highest BCUT2D eigenvalue weighted by molar-refractivity contribution is 5.07. The van der Waals surface area contributed by atoms with Crippen molar-refractivity contribution >= 4 is 0 Å². The van der Waals surface area contributed by atoms with Crippen LogP contribution in [0.4, 0.5) is 0 Å². The Morgan fingerprint density at radius 3 is 2.38 bits per heavy atom. The fourth-order valence-electron chi connectivity index (χ4n) is 2.80. The summed E-state index contributed by atoms with van der Waals surface area (Å²) in [5.41, 5.74) is 0.338. The second-order valence-electron chi connectivity index (χ2n) is 6.27. The third-order valence-corrected chi connectivity index (χ3v) is 3.95. The predicted molar refractivity (Wildman–Crippen MR) is 65.1 cm³/mol. The first-order valence-electron chi connectivity index (χ1n) is 6.37. The molecule has 1 fully saturated rings. The Kier molecular flexibility index (Phi) is 3.15. The van der Waals surface area contributed by atoms with Gasteiger partial charge in [0.1, 0.15) is 0 Å². The van der Waals surface area contributed by atoms with Crippen LogP contribution in [-0.2, 0) is 9.47 Å². The molecule has 16 heavy (non-hydrogen) atoms. The van der Waals surface area contributed by atoms with Crippen LogP contribution in [0.15, 0.2) is 12.2 Å². The first kappa shape index (κ1) is 12.1. The van der Waals surface area contributed by atoms with Crippen LogP contribution in [-0.4, -0.2) is 18.5 Å². The van der Waals surface area contributed by atoms with Gasteiger partial charge in [0, 0.05) is 5.92 Å². The molecule has 1 aliphatic carbocycles. The second-order valence-corrected chi connectivity index (χ2v) is 6.27. The Labute approximate surface area is 99.0 Å². The minimum atomic E-state index is -0.0629. The minimum Gasteiger partial charge on any atom is -0.350 e. The van der Waals surface area contributed by atoms with E-state index >= 15 is 0 Å². The maximum Gasteiger partial charge on any atom is 0.155 e. The number of hydrogen-bond acceptors (Lipinski definition) is 2. The summed E-state index contributed by atoms with van der Waals surface area (Å²) in [6.45, 7) is 11.1. The summed E-state index contributed by atoms with van der Waals surface area (Å²) in [7, 11) is 0. The van der Waals surface area contributed by atoms with Crippen molar-refractivity contribution in [2.75, 3.05) is 0 Å². The average molecular weight is 224 g/mol. The third kappa shape index (κ3) is 2.33. The summed E-state index contributed by atoms with van der Waals surface area (Å²) in [5, 5.41) is 0. The molecule has 0 aromatic carbocycles. The maximum atomic E-state index is 5.81. The summed E-state index contributed by atoms with van der Waals surface area (Å²) < 4.78 is 11.6. The van der Waals surface area contributed by atoms with Gasteiger partial charge in [-0.25, -0.2) is 0 Å². The van der Waals surface area contributed by atoms with Crippen molar-refractivity contribution in [3.05, 3.63) is 12.2 Å². The smallest absolute Gasteiger partial charge is 0.155 e. The van der Waals surface area contributed by atoms with Crippen molar-refractivity contribution in [3.8, 4) is 0 Å². The molecule has 92 valence electrons. The Hall–Kier alpha value is -0.340. The van der Waals surface area contributed by atoms with Crippen LogP contribution in [0.2, 0.25) is 0 Å². The topological polar surface area (TPSA) is 18.5 Å². The lowest BCUT2D eigenvalue weighted by Gasteiger charge is -2.44. The molecule has 2 rings (SSSR count). The Morgan fingerprint density at radius 2 is 1.75 bits per heavy atom. The lowest BCUT2D eigenvalue weighted by Crippen LogP contribution is -2.46. The van der Waals surface area contributed by atoms with E-state index in [1.54, 1.807) is 0 Å². The molecular weight excluding hydrogens is 200 g/mol. The maximum absolute atomic E-state index is 5.81. The van der Waals surface area contributed by atoms with E-state index in [1.807, 2.05) is 6.92 Å². The van der Waals surface area contributed by atoms with E-state index in [9.17, 15) is 0 Å². The number of allylic oxidation sites excluding steroid dienone is 1. The lowest BCUT2D eigenvalue weighted by atomic mass is 9.70. The molecule has 2 heteroatoms. The standard InChI is InChI=1S/C14H24O2/c1-9-12-8-11(14(3,4)5)6-7-13(12)16-10(2)15-9/h6-7,9-13H,8H2,1-5H3. The van der Waals surface area contributed by atoms with Crippen LogP contribution in [0.3, 0.4) is 0 Å². The van der Waals surface area contributed by atoms with Gasteiger partial charge < -0.3 is 9.47 Å². The Bertz CT molecular complexity index is 277. The van der Waals surface area contributed by atoms with Gasteiger partial charge >= 0.3 is 0 Å². The van der Waals surface area contributed by atoms with Gasteiger partial charge in [-0.3, -0.25) is 0 Å². The molecular formula is C14H24O2. The van der Waals surface area contributed by atoms with Gasteiger partial charge in [-0.05, 0) is 31.6 Å². The number of fused-ring (bicyclic) bond motifs is 1. The van der Waals surface area contributed by atoms with Crippen LogP contribution >= 0.6 is 0 Å². The zero-order valence-corrected chi connectivity index (χ0v) is 11.1. The highest BCUT2D eigenvalue weighted by Crippen LogP contribution is 2.41. The first-order valence-corrected chi connectivity index (χ1v) is 6.37. The molecule has 1 saturated heterocycles. The largest absolute Gasteiger partial charge is 0.350 e.